The van der Waals surface area contributed by atoms with Gasteiger partial charge in [0, 0.05) is 11.1 Å². The van der Waals surface area contributed by atoms with Crippen LogP contribution in [0.2, 0.25) is 5.02 Å². The van der Waals surface area contributed by atoms with E-state index in [4.69, 9.17) is 11.6 Å². The highest BCUT2D eigenvalue weighted by atomic mass is 35.5. The molecule has 1 N–H and O–H groups in total. The van der Waals surface area contributed by atoms with Crippen LogP contribution in [-0.2, 0) is 0 Å². The summed E-state index contributed by atoms with van der Waals surface area (Å²) in [4.78, 5) is 0. The van der Waals surface area contributed by atoms with E-state index >= 15 is 0 Å². The lowest BCUT2D eigenvalue weighted by molar-refractivity contribution is 0.445. The Labute approximate surface area is 128 Å². The zero-order chi connectivity index (χ0) is 14.1. The Morgan fingerprint density at radius 2 is 1.95 bits per heavy atom. The number of aryl methyl sites for hydroxylation is 1. The summed E-state index contributed by atoms with van der Waals surface area (Å²) in [6.07, 6.45) is 6.95. The van der Waals surface area contributed by atoms with E-state index < -0.39 is 0 Å². The Morgan fingerprint density at radius 3 is 2.55 bits per heavy atom. The summed E-state index contributed by atoms with van der Waals surface area (Å²) in [5, 5.41) is 4.70. The van der Waals surface area contributed by atoms with E-state index in [2.05, 4.69) is 37.4 Å². The molecule has 2 fully saturated rings. The van der Waals surface area contributed by atoms with Crippen LogP contribution in [0.5, 0.6) is 0 Å². The molecule has 3 unspecified atom stereocenters. The fourth-order valence-electron chi connectivity index (χ4n) is 4.12. The van der Waals surface area contributed by atoms with Crippen molar-refractivity contribution in [2.24, 2.45) is 17.8 Å². The van der Waals surface area contributed by atoms with Gasteiger partial charge < -0.3 is 5.32 Å². The average Bonchev–Trinajstić information content (AvgIpc) is 3.17. The molecule has 0 aromatic heterocycles. The maximum atomic E-state index is 6.34. The van der Waals surface area contributed by atoms with Gasteiger partial charge in [0.2, 0.25) is 0 Å². The molecule has 1 nitrogen and oxygen atoms in total. The van der Waals surface area contributed by atoms with Crippen molar-refractivity contribution in [3.8, 4) is 0 Å². The van der Waals surface area contributed by atoms with Crippen LogP contribution < -0.4 is 5.32 Å². The molecule has 0 aliphatic heterocycles. The van der Waals surface area contributed by atoms with E-state index in [-0.39, 0.29) is 0 Å². The van der Waals surface area contributed by atoms with Crippen molar-refractivity contribution in [2.75, 3.05) is 6.54 Å². The molecule has 0 spiro atoms. The van der Waals surface area contributed by atoms with Gasteiger partial charge in [-0.15, -0.1) is 0 Å². The Morgan fingerprint density at radius 1 is 1.25 bits per heavy atom. The number of hydrogen-bond donors (Lipinski definition) is 1. The van der Waals surface area contributed by atoms with E-state index in [1.807, 2.05) is 0 Å². The van der Waals surface area contributed by atoms with Gasteiger partial charge in [-0.05, 0) is 67.7 Å². The molecule has 0 heterocycles. The third-order valence-corrected chi connectivity index (χ3v) is 5.68. The summed E-state index contributed by atoms with van der Waals surface area (Å²) in [5.74, 6) is 2.79. The molecular formula is C18H26ClN. The fourth-order valence-corrected chi connectivity index (χ4v) is 4.31. The first-order chi connectivity index (χ1) is 9.72. The quantitative estimate of drug-likeness (QED) is 0.793. The van der Waals surface area contributed by atoms with Crippen LogP contribution in [0.3, 0.4) is 0 Å². The molecule has 2 saturated carbocycles. The summed E-state index contributed by atoms with van der Waals surface area (Å²) in [5.41, 5.74) is 2.58. The van der Waals surface area contributed by atoms with Gasteiger partial charge in [0.05, 0.1) is 0 Å². The van der Waals surface area contributed by atoms with Crippen LogP contribution in [-0.4, -0.2) is 6.54 Å². The van der Waals surface area contributed by atoms with Crippen molar-refractivity contribution in [1.29, 1.82) is 0 Å². The second-order valence-electron chi connectivity index (χ2n) is 6.63. The molecule has 0 saturated heterocycles. The van der Waals surface area contributed by atoms with Gasteiger partial charge in [-0.2, -0.15) is 0 Å². The number of benzene rings is 1. The predicted molar refractivity (Wildman–Crippen MR) is 86.2 cm³/mol. The average molecular weight is 292 g/mol. The number of fused-ring (bicyclic) bond motifs is 1. The number of nitrogens with one attached hydrogen (secondary N) is 1. The smallest absolute Gasteiger partial charge is 0.0438 e. The zero-order valence-corrected chi connectivity index (χ0v) is 13.4. The van der Waals surface area contributed by atoms with E-state index in [0.29, 0.717) is 6.04 Å². The largest absolute Gasteiger partial charge is 0.310 e. The number of halogens is 1. The lowest BCUT2D eigenvalue weighted by Crippen LogP contribution is -2.25. The maximum absolute atomic E-state index is 6.34. The fraction of sp³-hybridized carbons (Fsp3) is 0.667. The number of hydrogen-bond acceptors (Lipinski definition) is 1. The molecule has 2 aliphatic rings. The molecule has 3 atom stereocenters. The summed E-state index contributed by atoms with van der Waals surface area (Å²) < 4.78 is 0. The van der Waals surface area contributed by atoms with Crippen LogP contribution in [0, 0.1) is 24.7 Å². The second-order valence-corrected chi connectivity index (χ2v) is 7.04. The summed E-state index contributed by atoms with van der Waals surface area (Å²) >= 11 is 6.34. The van der Waals surface area contributed by atoms with Crippen LogP contribution in [0.4, 0.5) is 0 Å². The lowest BCUT2D eigenvalue weighted by Gasteiger charge is -2.20. The Bertz CT molecular complexity index is 458. The molecule has 1 aromatic rings. The van der Waals surface area contributed by atoms with Gasteiger partial charge in [0.25, 0.3) is 0 Å². The van der Waals surface area contributed by atoms with Gasteiger partial charge in [-0.3, -0.25) is 0 Å². The number of rotatable bonds is 5. The molecular weight excluding hydrogens is 266 g/mol. The second kappa shape index (κ2) is 6.07. The molecule has 20 heavy (non-hydrogen) atoms. The van der Waals surface area contributed by atoms with Crippen molar-refractivity contribution in [3.05, 3.63) is 34.3 Å². The predicted octanol–water partition coefficient (Wildman–Crippen LogP) is 5.13. The first-order valence-corrected chi connectivity index (χ1v) is 8.59. The van der Waals surface area contributed by atoms with E-state index in [1.165, 1.54) is 43.2 Å². The van der Waals surface area contributed by atoms with Crippen molar-refractivity contribution < 1.29 is 0 Å². The van der Waals surface area contributed by atoms with Crippen molar-refractivity contribution in [1.82, 2.24) is 5.32 Å². The topological polar surface area (TPSA) is 12.0 Å². The monoisotopic (exact) mass is 291 g/mol. The first kappa shape index (κ1) is 14.4. The first-order valence-electron chi connectivity index (χ1n) is 8.21. The van der Waals surface area contributed by atoms with E-state index in [0.717, 1.165) is 29.3 Å². The van der Waals surface area contributed by atoms with Gasteiger partial charge in [0.1, 0.15) is 0 Å². The Hall–Kier alpha value is -0.530. The van der Waals surface area contributed by atoms with Crippen LogP contribution >= 0.6 is 11.6 Å². The normalized spacial score (nSPS) is 29.9. The molecule has 3 rings (SSSR count). The lowest BCUT2D eigenvalue weighted by atomic mass is 9.98. The molecule has 1 aromatic carbocycles. The minimum atomic E-state index is 0.515. The minimum absolute atomic E-state index is 0.515. The molecule has 0 radical (unpaired) electrons. The summed E-state index contributed by atoms with van der Waals surface area (Å²) in [7, 11) is 0. The van der Waals surface area contributed by atoms with E-state index in [1.54, 1.807) is 0 Å². The van der Waals surface area contributed by atoms with Gasteiger partial charge in [-0.25, -0.2) is 0 Å². The van der Waals surface area contributed by atoms with Crippen LogP contribution in [0.15, 0.2) is 18.2 Å². The highest BCUT2D eigenvalue weighted by molar-refractivity contribution is 6.31. The SMILES string of the molecule is CCCNC(c1ccc(C)c(Cl)c1)C1C2CCCCC21. The van der Waals surface area contributed by atoms with Crippen molar-refractivity contribution in [3.63, 3.8) is 0 Å². The third-order valence-electron chi connectivity index (χ3n) is 5.28. The van der Waals surface area contributed by atoms with Crippen molar-refractivity contribution >= 4 is 11.6 Å². The highest BCUT2D eigenvalue weighted by Crippen LogP contribution is 2.60. The third kappa shape index (κ3) is 2.76. The summed E-state index contributed by atoms with van der Waals surface area (Å²) in [6.45, 7) is 5.43. The van der Waals surface area contributed by atoms with Gasteiger partial charge in [-0.1, -0.05) is 43.5 Å². The zero-order valence-electron chi connectivity index (χ0n) is 12.7. The highest BCUT2D eigenvalue weighted by Gasteiger charge is 2.54. The van der Waals surface area contributed by atoms with E-state index in [9.17, 15) is 0 Å². The summed E-state index contributed by atoms with van der Waals surface area (Å²) in [6, 6.07) is 7.15. The molecule has 0 bridgehead atoms. The molecule has 110 valence electrons. The molecule has 0 amide bonds. The van der Waals surface area contributed by atoms with Crippen LogP contribution in [0.1, 0.15) is 56.2 Å². The Balaban J connectivity index is 1.80. The molecule has 2 aliphatic carbocycles. The van der Waals surface area contributed by atoms with Crippen molar-refractivity contribution in [2.45, 2.75) is 52.0 Å². The Kier molecular flexibility index (Phi) is 4.37. The van der Waals surface area contributed by atoms with Gasteiger partial charge >= 0.3 is 0 Å². The molecule has 2 heteroatoms. The standard InChI is InChI=1S/C18H26ClN/c1-3-10-20-18(13-9-8-12(2)16(19)11-13)17-14-6-4-5-7-15(14)17/h8-9,11,14-15,17-18,20H,3-7,10H2,1-2H3. The van der Waals surface area contributed by atoms with Crippen LogP contribution in [0.25, 0.3) is 0 Å². The minimum Gasteiger partial charge on any atom is -0.310 e. The van der Waals surface area contributed by atoms with Gasteiger partial charge in [0.15, 0.2) is 0 Å². The maximum Gasteiger partial charge on any atom is 0.0438 e.